The van der Waals surface area contributed by atoms with Crippen LogP contribution in [0.25, 0.3) is 0 Å². The molecule has 2 amide bonds. The van der Waals surface area contributed by atoms with Crippen molar-refractivity contribution in [2.24, 2.45) is 11.5 Å². The molecule has 0 saturated heterocycles. The van der Waals surface area contributed by atoms with E-state index in [1.807, 2.05) is 6.07 Å². The molecule has 4 N–H and O–H groups in total. The Morgan fingerprint density at radius 3 is 2.33 bits per heavy atom. The summed E-state index contributed by atoms with van der Waals surface area (Å²) in [5.74, 6) is -1.23. The second-order valence-electron chi connectivity index (χ2n) is 3.60. The van der Waals surface area contributed by atoms with Gasteiger partial charge in [0.2, 0.25) is 17.8 Å². The smallest absolute Gasteiger partial charge is 0.237 e. The topological polar surface area (TPSA) is 139 Å². The number of nitriles is 1. The molecule has 94 valence electrons. The number of primary amides is 2. The predicted octanol–water partition coefficient (Wildman–Crippen LogP) is -1.57. The lowest BCUT2D eigenvalue weighted by Gasteiger charge is -2.19. The summed E-state index contributed by atoms with van der Waals surface area (Å²) in [6.07, 6.45) is 0. The van der Waals surface area contributed by atoms with Gasteiger partial charge in [0.1, 0.15) is 24.9 Å². The second kappa shape index (κ2) is 5.58. The quantitative estimate of drug-likeness (QED) is 0.645. The number of anilines is 1. The molecule has 0 atom stereocenters. The molecule has 8 nitrogen and oxygen atoms in total. The van der Waals surface area contributed by atoms with Gasteiger partial charge in [-0.3, -0.25) is 9.59 Å². The predicted molar refractivity (Wildman–Crippen MR) is 62.1 cm³/mol. The third-order valence-electron chi connectivity index (χ3n) is 1.93. The van der Waals surface area contributed by atoms with Gasteiger partial charge in [0, 0.05) is 5.69 Å². The van der Waals surface area contributed by atoms with Crippen molar-refractivity contribution in [3.8, 4) is 6.07 Å². The van der Waals surface area contributed by atoms with Crippen molar-refractivity contribution in [3.05, 3.63) is 17.5 Å². The minimum atomic E-state index is -0.653. The number of carbonyl (C=O) groups is 2. The van der Waals surface area contributed by atoms with Crippen LogP contribution in [0.4, 0.5) is 5.95 Å². The molecule has 0 radical (unpaired) electrons. The van der Waals surface area contributed by atoms with E-state index in [1.165, 1.54) is 11.0 Å². The van der Waals surface area contributed by atoms with Gasteiger partial charge in [-0.2, -0.15) is 5.26 Å². The SMILES string of the molecule is Cc1cc(C#N)nc(N(CC(N)=O)CC(N)=O)n1. The fourth-order valence-corrected chi connectivity index (χ4v) is 1.33. The van der Waals surface area contributed by atoms with E-state index < -0.39 is 11.8 Å². The standard InChI is InChI=1S/C10H12N6O2/c1-6-2-7(3-11)15-10(14-6)16(4-8(12)17)5-9(13)18/h2H,4-5H2,1H3,(H2,12,17)(H2,13,18). The highest BCUT2D eigenvalue weighted by Crippen LogP contribution is 2.09. The van der Waals surface area contributed by atoms with Crippen LogP contribution < -0.4 is 16.4 Å². The van der Waals surface area contributed by atoms with Crippen LogP contribution in [0.5, 0.6) is 0 Å². The number of nitrogens with zero attached hydrogens (tertiary/aromatic N) is 4. The number of rotatable bonds is 5. The Hall–Kier alpha value is -2.69. The van der Waals surface area contributed by atoms with Crippen molar-refractivity contribution < 1.29 is 9.59 Å². The molecule has 0 fully saturated rings. The van der Waals surface area contributed by atoms with Crippen molar-refractivity contribution in [3.63, 3.8) is 0 Å². The summed E-state index contributed by atoms with van der Waals surface area (Å²) in [6.45, 7) is 1.16. The van der Waals surface area contributed by atoms with Crippen LogP contribution in [-0.2, 0) is 9.59 Å². The number of aromatic nitrogens is 2. The highest BCUT2D eigenvalue weighted by molar-refractivity contribution is 5.83. The van der Waals surface area contributed by atoms with Crippen LogP contribution in [0.2, 0.25) is 0 Å². The van der Waals surface area contributed by atoms with E-state index >= 15 is 0 Å². The maximum Gasteiger partial charge on any atom is 0.237 e. The fraction of sp³-hybridized carbons (Fsp3) is 0.300. The molecule has 0 spiro atoms. The van der Waals surface area contributed by atoms with Gasteiger partial charge in [0.15, 0.2) is 0 Å². The van der Waals surface area contributed by atoms with E-state index in [2.05, 4.69) is 9.97 Å². The van der Waals surface area contributed by atoms with Crippen LogP contribution in [0.3, 0.4) is 0 Å². The lowest BCUT2D eigenvalue weighted by Crippen LogP contribution is -2.40. The normalized spacial score (nSPS) is 9.56. The first-order chi connectivity index (χ1) is 8.42. The van der Waals surface area contributed by atoms with Gasteiger partial charge in [-0.1, -0.05) is 0 Å². The average Bonchev–Trinajstić information content (AvgIpc) is 2.26. The molecule has 0 aliphatic rings. The Balaban J connectivity index is 3.11. The zero-order chi connectivity index (χ0) is 13.7. The van der Waals surface area contributed by atoms with E-state index in [0.29, 0.717) is 5.69 Å². The first-order valence-electron chi connectivity index (χ1n) is 4.99. The molecule has 18 heavy (non-hydrogen) atoms. The maximum atomic E-state index is 10.9. The maximum absolute atomic E-state index is 10.9. The summed E-state index contributed by atoms with van der Waals surface area (Å²) >= 11 is 0. The van der Waals surface area contributed by atoms with Gasteiger partial charge < -0.3 is 16.4 Å². The largest absolute Gasteiger partial charge is 0.368 e. The van der Waals surface area contributed by atoms with E-state index in [-0.39, 0.29) is 24.7 Å². The van der Waals surface area contributed by atoms with Crippen LogP contribution >= 0.6 is 0 Å². The van der Waals surface area contributed by atoms with Crippen molar-refractivity contribution in [2.45, 2.75) is 6.92 Å². The number of nitrogens with two attached hydrogens (primary N) is 2. The third kappa shape index (κ3) is 3.71. The second-order valence-corrected chi connectivity index (χ2v) is 3.60. The van der Waals surface area contributed by atoms with Crippen LogP contribution in [0, 0.1) is 18.3 Å². The molecule has 1 heterocycles. The summed E-state index contributed by atoms with van der Waals surface area (Å²) in [6, 6.07) is 3.34. The summed E-state index contributed by atoms with van der Waals surface area (Å²) < 4.78 is 0. The fourth-order valence-electron chi connectivity index (χ4n) is 1.33. The molecular weight excluding hydrogens is 236 g/mol. The van der Waals surface area contributed by atoms with Crippen LogP contribution in [-0.4, -0.2) is 34.9 Å². The van der Waals surface area contributed by atoms with Gasteiger partial charge in [0.05, 0.1) is 0 Å². The molecule has 1 rings (SSSR count). The Labute approximate surface area is 103 Å². The number of carbonyl (C=O) groups excluding carboxylic acids is 2. The zero-order valence-electron chi connectivity index (χ0n) is 9.75. The summed E-state index contributed by atoms with van der Waals surface area (Å²) in [5.41, 5.74) is 10.8. The molecule has 0 aliphatic heterocycles. The monoisotopic (exact) mass is 248 g/mol. The summed E-state index contributed by atoms with van der Waals surface area (Å²) in [7, 11) is 0. The Morgan fingerprint density at radius 1 is 1.33 bits per heavy atom. The van der Waals surface area contributed by atoms with Gasteiger partial charge in [0.25, 0.3) is 0 Å². The lowest BCUT2D eigenvalue weighted by atomic mass is 10.3. The number of hydrogen-bond donors (Lipinski definition) is 2. The molecule has 8 heteroatoms. The van der Waals surface area contributed by atoms with Crippen molar-refractivity contribution >= 4 is 17.8 Å². The number of hydrogen-bond acceptors (Lipinski definition) is 6. The van der Waals surface area contributed by atoms with Gasteiger partial charge in [-0.25, -0.2) is 9.97 Å². The molecule has 1 aromatic rings. The summed E-state index contributed by atoms with van der Waals surface area (Å²) in [4.78, 5) is 31.0. The van der Waals surface area contributed by atoms with Crippen molar-refractivity contribution in [1.29, 1.82) is 5.26 Å². The minimum Gasteiger partial charge on any atom is -0.368 e. The number of aryl methyl sites for hydroxylation is 1. The Bertz CT molecular complexity index is 506. The van der Waals surface area contributed by atoms with Gasteiger partial charge in [-0.05, 0) is 13.0 Å². The first-order valence-corrected chi connectivity index (χ1v) is 4.99. The molecular formula is C10H12N6O2. The van der Waals surface area contributed by atoms with E-state index in [1.54, 1.807) is 6.92 Å². The van der Waals surface area contributed by atoms with Crippen LogP contribution in [0.1, 0.15) is 11.4 Å². The van der Waals surface area contributed by atoms with E-state index in [0.717, 1.165) is 0 Å². The van der Waals surface area contributed by atoms with Gasteiger partial charge >= 0.3 is 0 Å². The zero-order valence-corrected chi connectivity index (χ0v) is 9.75. The van der Waals surface area contributed by atoms with Crippen LogP contribution in [0.15, 0.2) is 6.07 Å². The highest BCUT2D eigenvalue weighted by Gasteiger charge is 2.16. The van der Waals surface area contributed by atoms with Crippen molar-refractivity contribution in [1.82, 2.24) is 9.97 Å². The Kier molecular flexibility index (Phi) is 4.15. The summed E-state index contributed by atoms with van der Waals surface area (Å²) in [5, 5.41) is 8.79. The molecule has 0 bridgehead atoms. The minimum absolute atomic E-state index is 0.0733. The van der Waals surface area contributed by atoms with E-state index in [4.69, 9.17) is 16.7 Å². The molecule has 0 saturated carbocycles. The molecule has 0 aliphatic carbocycles. The molecule has 0 aromatic carbocycles. The van der Waals surface area contributed by atoms with E-state index in [9.17, 15) is 9.59 Å². The Morgan fingerprint density at radius 2 is 1.89 bits per heavy atom. The third-order valence-corrected chi connectivity index (χ3v) is 1.93. The number of amides is 2. The van der Waals surface area contributed by atoms with Gasteiger partial charge in [-0.15, -0.1) is 0 Å². The average molecular weight is 248 g/mol. The highest BCUT2D eigenvalue weighted by atomic mass is 16.2. The molecule has 1 aromatic heterocycles. The molecule has 0 unspecified atom stereocenters. The van der Waals surface area contributed by atoms with Crippen molar-refractivity contribution in [2.75, 3.05) is 18.0 Å². The first kappa shape index (κ1) is 13.4. The lowest BCUT2D eigenvalue weighted by molar-refractivity contribution is -0.117.